The lowest BCUT2D eigenvalue weighted by atomic mass is 10.2. The van der Waals surface area contributed by atoms with E-state index < -0.39 is 0 Å². The molecule has 0 aliphatic rings. The maximum absolute atomic E-state index is 3.61. The molecule has 0 amide bonds. The number of benzene rings is 1. The zero-order valence-electron chi connectivity index (χ0n) is 13.5. The zero-order valence-corrected chi connectivity index (χ0v) is 13.5. The second-order valence-corrected chi connectivity index (χ2v) is 4.64. The third kappa shape index (κ3) is 11.5. The summed E-state index contributed by atoms with van der Waals surface area (Å²) in [5.74, 6) is 0. The topological polar surface area (TPSA) is 0 Å². The van der Waals surface area contributed by atoms with Gasteiger partial charge < -0.3 is 0 Å². The molecule has 0 N–H and O–H groups in total. The van der Waals surface area contributed by atoms with Crippen LogP contribution in [0.15, 0.2) is 122 Å². The van der Waals surface area contributed by atoms with Crippen molar-refractivity contribution in [1.82, 2.24) is 0 Å². The van der Waals surface area contributed by atoms with Crippen LogP contribution in [-0.2, 0) is 0 Å². The molecule has 116 valence electrons. The SMILES string of the molecule is C=C/C=C/C=C\C\C=C/C=C\C=C/C=C/C=C\c1ccccc1. The van der Waals surface area contributed by atoms with Gasteiger partial charge in [0.1, 0.15) is 0 Å². The minimum Gasteiger partial charge on any atom is -0.0991 e. The third-order valence-electron chi connectivity index (χ3n) is 2.77. The van der Waals surface area contributed by atoms with Gasteiger partial charge in [0, 0.05) is 0 Å². The zero-order chi connectivity index (χ0) is 16.4. The quantitative estimate of drug-likeness (QED) is 0.450. The Labute approximate surface area is 140 Å². The molecule has 0 heterocycles. The molecule has 0 spiro atoms. The van der Waals surface area contributed by atoms with Crippen molar-refractivity contribution in [3.8, 4) is 0 Å². The Balaban J connectivity index is 2.19. The first kappa shape index (κ1) is 18.2. The summed E-state index contributed by atoms with van der Waals surface area (Å²) in [4.78, 5) is 0. The first-order valence-corrected chi connectivity index (χ1v) is 7.76. The van der Waals surface area contributed by atoms with Crippen molar-refractivity contribution in [1.29, 1.82) is 0 Å². The van der Waals surface area contributed by atoms with Crippen LogP contribution in [0.4, 0.5) is 0 Å². The predicted molar refractivity (Wildman–Crippen MR) is 105 cm³/mol. The second kappa shape index (κ2) is 14.1. The van der Waals surface area contributed by atoms with Crippen LogP contribution in [0, 0.1) is 0 Å². The summed E-state index contributed by atoms with van der Waals surface area (Å²) in [5.41, 5.74) is 1.21. The first-order chi connectivity index (χ1) is 11.4. The van der Waals surface area contributed by atoms with E-state index in [9.17, 15) is 0 Å². The van der Waals surface area contributed by atoms with E-state index in [1.54, 1.807) is 6.08 Å². The normalized spacial score (nSPS) is 13.2. The van der Waals surface area contributed by atoms with Crippen LogP contribution < -0.4 is 0 Å². The summed E-state index contributed by atoms with van der Waals surface area (Å²) < 4.78 is 0. The number of allylic oxidation sites excluding steroid dienone is 14. The standard InChI is InChI=1S/C23H24/c1-2-3-4-5-6-7-8-9-10-11-12-13-14-15-17-20-23-21-18-16-19-22-23/h2-6,8-22H,1,7H2/b4-3+,6-5-,9-8-,11-10-,13-12-,15-14+,20-17-. The Bertz CT molecular complexity index is 617. The van der Waals surface area contributed by atoms with Crippen LogP contribution in [0.25, 0.3) is 6.08 Å². The van der Waals surface area contributed by atoms with Gasteiger partial charge in [-0.1, -0.05) is 128 Å². The maximum Gasteiger partial charge on any atom is -0.0163 e. The summed E-state index contributed by atoms with van der Waals surface area (Å²) in [5, 5.41) is 0. The average molecular weight is 300 g/mol. The van der Waals surface area contributed by atoms with E-state index in [2.05, 4.69) is 36.9 Å². The van der Waals surface area contributed by atoms with Gasteiger partial charge in [0.05, 0.1) is 0 Å². The van der Waals surface area contributed by atoms with Crippen LogP contribution in [0.3, 0.4) is 0 Å². The lowest BCUT2D eigenvalue weighted by Gasteiger charge is -1.87. The van der Waals surface area contributed by atoms with Gasteiger partial charge in [0.25, 0.3) is 0 Å². The summed E-state index contributed by atoms with van der Waals surface area (Å²) >= 11 is 0. The van der Waals surface area contributed by atoms with Crippen molar-refractivity contribution in [2.75, 3.05) is 0 Å². The molecular weight excluding hydrogens is 276 g/mol. The number of rotatable bonds is 9. The van der Waals surface area contributed by atoms with Crippen LogP contribution >= 0.6 is 0 Å². The Hall–Kier alpha value is -2.86. The molecule has 0 atom stereocenters. The van der Waals surface area contributed by atoms with Crippen molar-refractivity contribution in [3.05, 3.63) is 128 Å². The summed E-state index contributed by atoms with van der Waals surface area (Å²) in [6.07, 6.45) is 31.1. The molecule has 0 fully saturated rings. The highest BCUT2D eigenvalue weighted by Gasteiger charge is 1.78. The number of hydrogen-bond donors (Lipinski definition) is 0. The Morgan fingerprint density at radius 3 is 1.74 bits per heavy atom. The number of hydrogen-bond acceptors (Lipinski definition) is 0. The Morgan fingerprint density at radius 1 is 0.609 bits per heavy atom. The molecule has 0 saturated heterocycles. The molecule has 1 aromatic rings. The van der Waals surface area contributed by atoms with Gasteiger partial charge in [-0.25, -0.2) is 0 Å². The van der Waals surface area contributed by atoms with E-state index in [-0.39, 0.29) is 0 Å². The molecule has 0 aliphatic heterocycles. The van der Waals surface area contributed by atoms with E-state index in [1.807, 2.05) is 85.0 Å². The van der Waals surface area contributed by atoms with Gasteiger partial charge >= 0.3 is 0 Å². The van der Waals surface area contributed by atoms with Crippen molar-refractivity contribution < 1.29 is 0 Å². The minimum atomic E-state index is 0.930. The highest BCUT2D eigenvalue weighted by molar-refractivity contribution is 5.50. The van der Waals surface area contributed by atoms with Crippen LogP contribution in [0.1, 0.15) is 12.0 Å². The third-order valence-corrected chi connectivity index (χ3v) is 2.77. The average Bonchev–Trinajstić information content (AvgIpc) is 2.59. The lowest BCUT2D eigenvalue weighted by Crippen LogP contribution is -1.66. The summed E-state index contributed by atoms with van der Waals surface area (Å²) in [7, 11) is 0. The fourth-order valence-corrected chi connectivity index (χ4v) is 1.65. The van der Waals surface area contributed by atoms with Crippen LogP contribution in [-0.4, -0.2) is 0 Å². The Morgan fingerprint density at radius 2 is 1.13 bits per heavy atom. The molecule has 1 aromatic carbocycles. The van der Waals surface area contributed by atoms with E-state index in [1.165, 1.54) is 5.56 Å². The fraction of sp³-hybridized carbons (Fsp3) is 0.0435. The second-order valence-electron chi connectivity index (χ2n) is 4.64. The van der Waals surface area contributed by atoms with Gasteiger partial charge in [-0.3, -0.25) is 0 Å². The Kier molecular flexibility index (Phi) is 11.1. The molecule has 0 aliphatic carbocycles. The van der Waals surface area contributed by atoms with Gasteiger partial charge in [-0.05, 0) is 12.0 Å². The van der Waals surface area contributed by atoms with E-state index >= 15 is 0 Å². The van der Waals surface area contributed by atoms with Gasteiger partial charge in [0.15, 0.2) is 0 Å². The van der Waals surface area contributed by atoms with E-state index in [0.717, 1.165) is 6.42 Å². The van der Waals surface area contributed by atoms with E-state index in [4.69, 9.17) is 0 Å². The summed E-state index contributed by atoms with van der Waals surface area (Å²) in [6, 6.07) is 10.3. The molecule has 0 unspecified atom stereocenters. The van der Waals surface area contributed by atoms with Gasteiger partial charge in [-0.15, -0.1) is 0 Å². The van der Waals surface area contributed by atoms with Crippen molar-refractivity contribution in [3.63, 3.8) is 0 Å². The van der Waals surface area contributed by atoms with Crippen molar-refractivity contribution in [2.24, 2.45) is 0 Å². The fourth-order valence-electron chi connectivity index (χ4n) is 1.65. The smallest absolute Gasteiger partial charge is 0.0163 e. The molecule has 0 nitrogen and oxygen atoms in total. The molecule has 23 heavy (non-hydrogen) atoms. The molecule has 0 heteroatoms. The highest BCUT2D eigenvalue weighted by Crippen LogP contribution is 2.00. The van der Waals surface area contributed by atoms with Crippen LogP contribution in [0.5, 0.6) is 0 Å². The maximum atomic E-state index is 3.61. The lowest BCUT2D eigenvalue weighted by molar-refractivity contribution is 1.39. The molecular formula is C23H24. The highest BCUT2D eigenvalue weighted by atomic mass is 13.8. The van der Waals surface area contributed by atoms with E-state index in [0.29, 0.717) is 0 Å². The minimum absolute atomic E-state index is 0.930. The predicted octanol–water partition coefficient (Wildman–Crippen LogP) is 6.61. The first-order valence-electron chi connectivity index (χ1n) is 7.76. The van der Waals surface area contributed by atoms with Crippen molar-refractivity contribution in [2.45, 2.75) is 6.42 Å². The summed E-state index contributed by atoms with van der Waals surface area (Å²) in [6.45, 7) is 3.61. The van der Waals surface area contributed by atoms with Crippen LogP contribution in [0.2, 0.25) is 0 Å². The van der Waals surface area contributed by atoms with Gasteiger partial charge in [-0.2, -0.15) is 0 Å². The molecule has 1 rings (SSSR count). The molecule has 0 radical (unpaired) electrons. The monoisotopic (exact) mass is 300 g/mol. The van der Waals surface area contributed by atoms with Gasteiger partial charge in [0.2, 0.25) is 0 Å². The largest absolute Gasteiger partial charge is 0.0991 e. The molecule has 0 bridgehead atoms. The molecule has 0 saturated carbocycles. The molecule has 0 aromatic heterocycles. The van der Waals surface area contributed by atoms with Crippen molar-refractivity contribution >= 4 is 6.08 Å².